The summed E-state index contributed by atoms with van der Waals surface area (Å²) in [6.45, 7) is -0.701. The summed E-state index contributed by atoms with van der Waals surface area (Å²) in [5.74, 6) is -2.11. The van der Waals surface area contributed by atoms with Crippen LogP contribution in [0.1, 0.15) is 26.9 Å². The molecule has 43 heavy (non-hydrogen) atoms. The van der Waals surface area contributed by atoms with Crippen LogP contribution in [0, 0.1) is 0 Å². The number of nitrogens with two attached hydrogens (primary N) is 1. The molecule has 0 saturated carbocycles. The number of fused-ring (bicyclic) bond motifs is 1. The molecule has 1 saturated heterocycles. The van der Waals surface area contributed by atoms with Crippen molar-refractivity contribution in [3.8, 4) is 0 Å². The topological polar surface area (TPSA) is 175 Å². The summed E-state index contributed by atoms with van der Waals surface area (Å²) in [7, 11) is -6.30. The SMILES string of the molecule is Nc1nc(Cl)nc2c1ncn2[C@@H]1O[C@H](COC(=O)c2ccccc2)[C@@H](OC(=O)c2ccccc2)[C@H]1OS(=O)(=O)C(F)(F)F. The number of imidazole rings is 1. The lowest BCUT2D eigenvalue weighted by Crippen LogP contribution is -2.43. The van der Waals surface area contributed by atoms with E-state index in [4.69, 9.17) is 31.5 Å². The molecule has 226 valence electrons. The van der Waals surface area contributed by atoms with E-state index in [-0.39, 0.29) is 33.4 Å². The summed E-state index contributed by atoms with van der Waals surface area (Å²) in [5.41, 5.74) is -0.155. The zero-order valence-electron chi connectivity index (χ0n) is 21.4. The van der Waals surface area contributed by atoms with Crippen molar-refractivity contribution in [2.24, 2.45) is 0 Å². The molecule has 4 atom stereocenters. The molecule has 3 heterocycles. The number of rotatable bonds is 8. The minimum absolute atomic E-state index is 0.0243. The molecule has 0 bridgehead atoms. The quantitative estimate of drug-likeness (QED) is 0.129. The molecule has 0 aliphatic carbocycles. The highest BCUT2D eigenvalue weighted by Crippen LogP contribution is 2.39. The van der Waals surface area contributed by atoms with Gasteiger partial charge in [-0.2, -0.15) is 31.6 Å². The number of nitrogen functional groups attached to an aromatic ring is 1. The molecule has 2 aromatic carbocycles. The van der Waals surface area contributed by atoms with Crippen LogP contribution < -0.4 is 5.73 Å². The van der Waals surface area contributed by atoms with E-state index in [0.717, 1.165) is 10.9 Å². The van der Waals surface area contributed by atoms with E-state index >= 15 is 0 Å². The number of nitrogens with zero attached hydrogens (tertiary/aromatic N) is 4. The summed E-state index contributed by atoms with van der Waals surface area (Å²) < 4.78 is 87.2. The number of benzene rings is 2. The van der Waals surface area contributed by atoms with Crippen LogP contribution in [-0.2, 0) is 28.5 Å². The average molecular weight is 642 g/mol. The minimum atomic E-state index is -6.30. The molecule has 0 radical (unpaired) electrons. The molecule has 0 unspecified atom stereocenters. The van der Waals surface area contributed by atoms with Crippen molar-refractivity contribution < 1.29 is 49.6 Å². The fourth-order valence-electron chi connectivity index (χ4n) is 4.19. The Balaban J connectivity index is 1.57. The van der Waals surface area contributed by atoms with Crippen molar-refractivity contribution in [3.05, 3.63) is 83.4 Å². The van der Waals surface area contributed by atoms with Crippen LogP contribution in [0.5, 0.6) is 0 Å². The Labute approximate surface area is 245 Å². The smallest absolute Gasteiger partial charge is 0.459 e. The van der Waals surface area contributed by atoms with Gasteiger partial charge < -0.3 is 19.9 Å². The molecule has 0 spiro atoms. The van der Waals surface area contributed by atoms with Gasteiger partial charge in [0.05, 0.1) is 17.5 Å². The predicted octanol–water partition coefficient (Wildman–Crippen LogP) is 3.28. The normalized spacial score (nSPS) is 20.7. The number of carbonyl (C=O) groups excluding carboxylic acids is 2. The molecule has 1 aliphatic heterocycles. The van der Waals surface area contributed by atoms with Gasteiger partial charge in [-0.1, -0.05) is 36.4 Å². The molecule has 2 N–H and O–H groups in total. The zero-order chi connectivity index (χ0) is 30.9. The summed E-state index contributed by atoms with van der Waals surface area (Å²) in [6, 6.07) is 15.0. The fourth-order valence-corrected chi connectivity index (χ4v) is 4.97. The van der Waals surface area contributed by atoms with Gasteiger partial charge in [0.25, 0.3) is 0 Å². The van der Waals surface area contributed by atoms with Gasteiger partial charge in [0.2, 0.25) is 5.28 Å². The summed E-state index contributed by atoms with van der Waals surface area (Å²) >= 11 is 5.91. The van der Waals surface area contributed by atoms with E-state index in [9.17, 15) is 31.2 Å². The number of esters is 2. The van der Waals surface area contributed by atoms with Crippen LogP contribution in [-0.4, -0.2) is 70.3 Å². The molecule has 0 amide bonds. The molecular formula is C25H19ClF3N5O8S. The first-order valence-corrected chi connectivity index (χ1v) is 13.9. The van der Waals surface area contributed by atoms with E-state index < -0.39 is 58.7 Å². The van der Waals surface area contributed by atoms with Gasteiger partial charge in [0.1, 0.15) is 18.2 Å². The number of alkyl halides is 3. The minimum Gasteiger partial charge on any atom is -0.459 e. The summed E-state index contributed by atoms with van der Waals surface area (Å²) in [4.78, 5) is 37.4. The number of hydrogen-bond acceptors (Lipinski definition) is 12. The van der Waals surface area contributed by atoms with Crippen LogP contribution in [0.4, 0.5) is 19.0 Å². The van der Waals surface area contributed by atoms with E-state index in [1.54, 1.807) is 24.3 Å². The van der Waals surface area contributed by atoms with Crippen LogP contribution in [0.15, 0.2) is 67.0 Å². The fraction of sp³-hybridized carbons (Fsp3) is 0.240. The van der Waals surface area contributed by atoms with E-state index in [1.807, 2.05) is 0 Å². The van der Waals surface area contributed by atoms with Gasteiger partial charge in [0.15, 0.2) is 29.9 Å². The lowest BCUT2D eigenvalue weighted by atomic mass is 10.1. The maximum absolute atomic E-state index is 13.5. The first kappa shape index (κ1) is 30.1. The van der Waals surface area contributed by atoms with Gasteiger partial charge in [-0.15, -0.1) is 0 Å². The van der Waals surface area contributed by atoms with Gasteiger partial charge in [-0.3, -0.25) is 8.75 Å². The highest BCUT2D eigenvalue weighted by molar-refractivity contribution is 7.87. The Morgan fingerprint density at radius 1 is 0.977 bits per heavy atom. The zero-order valence-corrected chi connectivity index (χ0v) is 23.0. The van der Waals surface area contributed by atoms with Gasteiger partial charge in [-0.05, 0) is 35.9 Å². The number of hydrogen-bond donors (Lipinski definition) is 1. The van der Waals surface area contributed by atoms with Gasteiger partial charge in [0, 0.05) is 0 Å². The number of carbonyl (C=O) groups is 2. The third-order valence-electron chi connectivity index (χ3n) is 6.14. The highest BCUT2D eigenvalue weighted by Gasteiger charge is 2.57. The van der Waals surface area contributed by atoms with Crippen molar-refractivity contribution in [1.82, 2.24) is 19.5 Å². The standard InChI is InChI=1S/C25H19ClF3N5O8S/c26-24-32-19(30)16-20(33-24)34(12-31-16)21-18(42-43(37,38)25(27,28)29)17(41-23(36)14-9-5-2-6-10-14)15(40-21)11-39-22(35)13-7-3-1-4-8-13/h1-10,12,15,17-18,21H,11H2,(H2,30,32,33)/t15-,17-,18-,21-/m1/s1. The molecule has 18 heteroatoms. The Kier molecular flexibility index (Phi) is 8.24. The lowest BCUT2D eigenvalue weighted by molar-refractivity contribution is -0.0705. The van der Waals surface area contributed by atoms with Crippen molar-refractivity contribution in [3.63, 3.8) is 0 Å². The lowest BCUT2D eigenvalue weighted by Gasteiger charge is -2.25. The third kappa shape index (κ3) is 6.24. The second kappa shape index (κ2) is 11.8. The maximum Gasteiger partial charge on any atom is 0.523 e. The Morgan fingerprint density at radius 2 is 1.58 bits per heavy atom. The number of anilines is 1. The number of halogens is 4. The third-order valence-corrected chi connectivity index (χ3v) is 7.35. The summed E-state index contributed by atoms with van der Waals surface area (Å²) in [5, 5.41) is -0.370. The molecule has 1 aliphatic rings. The molecule has 1 fully saturated rings. The monoisotopic (exact) mass is 641 g/mol. The van der Waals surface area contributed by atoms with Crippen molar-refractivity contribution >= 4 is 50.6 Å². The Bertz CT molecular complexity index is 1760. The Hall–Kier alpha value is -4.32. The van der Waals surface area contributed by atoms with Gasteiger partial charge in [-0.25, -0.2) is 14.6 Å². The van der Waals surface area contributed by atoms with Crippen LogP contribution >= 0.6 is 11.6 Å². The summed E-state index contributed by atoms with van der Waals surface area (Å²) in [6.07, 6.45) is -6.42. The average Bonchev–Trinajstić information content (AvgIpc) is 3.53. The molecule has 2 aromatic heterocycles. The maximum atomic E-state index is 13.5. The Morgan fingerprint density at radius 3 is 2.19 bits per heavy atom. The second-order valence-electron chi connectivity index (χ2n) is 8.93. The van der Waals surface area contributed by atoms with Crippen molar-refractivity contribution in [1.29, 1.82) is 0 Å². The van der Waals surface area contributed by atoms with E-state index in [2.05, 4.69) is 19.1 Å². The van der Waals surface area contributed by atoms with Crippen LogP contribution in [0.25, 0.3) is 11.2 Å². The van der Waals surface area contributed by atoms with E-state index in [0.29, 0.717) is 0 Å². The second-order valence-corrected chi connectivity index (χ2v) is 10.8. The largest absolute Gasteiger partial charge is 0.523 e. The molecule has 4 aromatic rings. The van der Waals surface area contributed by atoms with E-state index in [1.165, 1.54) is 36.4 Å². The number of ether oxygens (including phenoxy) is 3. The molecular weight excluding hydrogens is 623 g/mol. The predicted molar refractivity (Wildman–Crippen MR) is 141 cm³/mol. The molecule has 5 rings (SSSR count). The van der Waals surface area contributed by atoms with Gasteiger partial charge >= 0.3 is 27.6 Å². The van der Waals surface area contributed by atoms with Crippen LogP contribution in [0.2, 0.25) is 5.28 Å². The first-order chi connectivity index (χ1) is 20.4. The van der Waals surface area contributed by atoms with Crippen LogP contribution in [0.3, 0.4) is 0 Å². The van der Waals surface area contributed by atoms with Crippen molar-refractivity contribution in [2.75, 3.05) is 12.3 Å². The van der Waals surface area contributed by atoms with Crippen molar-refractivity contribution in [2.45, 2.75) is 30.0 Å². The number of aromatic nitrogens is 4. The first-order valence-electron chi connectivity index (χ1n) is 12.1. The highest BCUT2D eigenvalue weighted by atomic mass is 35.5. The molecule has 13 nitrogen and oxygen atoms in total.